The molecule has 0 saturated carbocycles. The number of halogens is 1. The van der Waals surface area contributed by atoms with Crippen LogP contribution in [0.15, 0.2) is 34.9 Å². The van der Waals surface area contributed by atoms with Crippen molar-refractivity contribution >= 4 is 27.7 Å². The van der Waals surface area contributed by atoms with Crippen molar-refractivity contribution in [3.05, 3.63) is 40.5 Å². The average Bonchev–Trinajstić information content (AvgIpc) is 2.86. The number of rotatable bonds is 4. The molecule has 2 rings (SSSR count). The Kier molecular flexibility index (Phi) is 4.44. The van der Waals surface area contributed by atoms with Crippen molar-refractivity contribution < 1.29 is 9.53 Å². The van der Waals surface area contributed by atoms with E-state index in [-0.39, 0.29) is 11.9 Å². The molecule has 0 unspecified atom stereocenters. The van der Waals surface area contributed by atoms with Crippen molar-refractivity contribution in [2.45, 2.75) is 19.9 Å². The molecule has 1 N–H and O–H groups in total. The number of nitrogens with zero attached hydrogens (tertiary/aromatic N) is 2. The maximum Gasteiger partial charge on any atom is 0.256 e. The minimum atomic E-state index is -0.184. The first-order chi connectivity index (χ1) is 9.52. The lowest BCUT2D eigenvalue weighted by Gasteiger charge is -2.12. The molecule has 0 aliphatic carbocycles. The number of nitrogens with one attached hydrogen (secondary N) is 1. The lowest BCUT2D eigenvalue weighted by atomic mass is 10.2. The van der Waals surface area contributed by atoms with Crippen molar-refractivity contribution in [1.82, 2.24) is 9.78 Å². The van der Waals surface area contributed by atoms with Crippen molar-refractivity contribution in [2.24, 2.45) is 0 Å². The molecule has 0 aliphatic rings. The summed E-state index contributed by atoms with van der Waals surface area (Å²) in [5.41, 5.74) is 0.550. The van der Waals surface area contributed by atoms with Crippen LogP contribution in [0.2, 0.25) is 0 Å². The van der Waals surface area contributed by atoms with Gasteiger partial charge in [-0.05, 0) is 48.0 Å². The van der Waals surface area contributed by atoms with Crippen molar-refractivity contribution in [3.63, 3.8) is 0 Å². The number of carbonyl (C=O) groups excluding carboxylic acids is 1. The Balaban J connectivity index is 2.20. The monoisotopic (exact) mass is 337 g/mol. The molecule has 0 saturated heterocycles. The molecule has 1 aromatic carbocycles. The Labute approximate surface area is 126 Å². The molecule has 106 valence electrons. The summed E-state index contributed by atoms with van der Waals surface area (Å²) in [6.45, 7) is 4.01. The van der Waals surface area contributed by atoms with Gasteiger partial charge in [-0.15, -0.1) is 0 Å². The van der Waals surface area contributed by atoms with Crippen molar-refractivity contribution in [1.29, 1.82) is 0 Å². The average molecular weight is 338 g/mol. The second-order valence-corrected chi connectivity index (χ2v) is 5.41. The van der Waals surface area contributed by atoms with E-state index in [1.807, 2.05) is 13.8 Å². The number of aromatic nitrogens is 2. The predicted molar refractivity (Wildman–Crippen MR) is 81.3 cm³/mol. The molecule has 6 heteroatoms. The van der Waals surface area contributed by atoms with Crippen LogP contribution in [0.4, 0.5) is 5.82 Å². The fourth-order valence-electron chi connectivity index (χ4n) is 1.82. The zero-order valence-electron chi connectivity index (χ0n) is 11.6. The van der Waals surface area contributed by atoms with E-state index in [4.69, 9.17) is 4.74 Å². The summed E-state index contributed by atoms with van der Waals surface area (Å²) in [6, 6.07) is 7.15. The van der Waals surface area contributed by atoms with Crippen LogP contribution >= 0.6 is 15.9 Å². The molecule has 0 radical (unpaired) electrons. The van der Waals surface area contributed by atoms with Gasteiger partial charge < -0.3 is 10.1 Å². The molecular formula is C14H16BrN3O2. The van der Waals surface area contributed by atoms with Crippen LogP contribution in [0.1, 0.15) is 30.2 Å². The molecule has 0 spiro atoms. The number of methoxy groups -OCH3 is 1. The second kappa shape index (κ2) is 6.09. The standard InChI is InChI=1S/C14H16BrN3O2/c1-9(2)18-13(6-7-16-18)17-14(19)10-4-5-12(20-3)11(15)8-10/h4-9H,1-3H3,(H,17,19). The smallest absolute Gasteiger partial charge is 0.256 e. The van der Waals surface area contributed by atoms with Gasteiger partial charge in [0.2, 0.25) is 0 Å². The first kappa shape index (κ1) is 14.6. The molecule has 20 heavy (non-hydrogen) atoms. The summed E-state index contributed by atoms with van der Waals surface area (Å²) in [6.07, 6.45) is 1.67. The largest absolute Gasteiger partial charge is 0.496 e. The second-order valence-electron chi connectivity index (χ2n) is 4.56. The highest BCUT2D eigenvalue weighted by Crippen LogP contribution is 2.26. The summed E-state index contributed by atoms with van der Waals surface area (Å²) in [5, 5.41) is 7.03. The number of benzene rings is 1. The van der Waals surface area contributed by atoms with Crippen molar-refractivity contribution in [3.8, 4) is 5.75 Å². The summed E-state index contributed by atoms with van der Waals surface area (Å²) in [5.74, 6) is 1.18. The topological polar surface area (TPSA) is 56.1 Å². The number of hydrogen-bond donors (Lipinski definition) is 1. The highest BCUT2D eigenvalue weighted by molar-refractivity contribution is 9.10. The quantitative estimate of drug-likeness (QED) is 0.928. The maximum atomic E-state index is 12.2. The Bertz CT molecular complexity index is 623. The van der Waals surface area contributed by atoms with Gasteiger partial charge in [0.1, 0.15) is 11.6 Å². The molecule has 0 fully saturated rings. The Morgan fingerprint density at radius 2 is 2.15 bits per heavy atom. The van der Waals surface area contributed by atoms with Gasteiger partial charge >= 0.3 is 0 Å². The summed E-state index contributed by atoms with van der Waals surface area (Å²) >= 11 is 3.37. The number of hydrogen-bond acceptors (Lipinski definition) is 3. The lowest BCUT2D eigenvalue weighted by Crippen LogP contribution is -2.16. The molecule has 1 heterocycles. The zero-order valence-corrected chi connectivity index (χ0v) is 13.1. The highest BCUT2D eigenvalue weighted by Gasteiger charge is 2.12. The van der Waals surface area contributed by atoms with E-state index >= 15 is 0 Å². The van der Waals surface area contributed by atoms with Gasteiger partial charge in [0.05, 0.1) is 17.8 Å². The fraction of sp³-hybridized carbons (Fsp3) is 0.286. The van der Waals surface area contributed by atoms with Gasteiger partial charge in [0.25, 0.3) is 5.91 Å². The molecule has 1 aromatic heterocycles. The van der Waals surface area contributed by atoms with Crippen molar-refractivity contribution in [2.75, 3.05) is 12.4 Å². The van der Waals surface area contributed by atoms with Gasteiger partial charge in [-0.2, -0.15) is 5.10 Å². The molecule has 0 aliphatic heterocycles. The van der Waals surface area contributed by atoms with Crippen LogP contribution in [0.5, 0.6) is 5.75 Å². The fourth-order valence-corrected chi connectivity index (χ4v) is 2.36. The van der Waals surface area contributed by atoms with Gasteiger partial charge in [-0.3, -0.25) is 4.79 Å². The minimum Gasteiger partial charge on any atom is -0.496 e. The van der Waals surface area contributed by atoms with E-state index in [1.165, 1.54) is 0 Å². The summed E-state index contributed by atoms with van der Waals surface area (Å²) in [4.78, 5) is 12.2. The van der Waals surface area contributed by atoms with Gasteiger partial charge in [0, 0.05) is 17.7 Å². The van der Waals surface area contributed by atoms with E-state index in [0.717, 1.165) is 4.47 Å². The Morgan fingerprint density at radius 3 is 2.75 bits per heavy atom. The van der Waals surface area contributed by atoms with Crippen LogP contribution in [-0.4, -0.2) is 22.8 Å². The number of ether oxygens (including phenoxy) is 1. The predicted octanol–water partition coefficient (Wildman–Crippen LogP) is 3.49. The summed E-state index contributed by atoms with van der Waals surface area (Å²) < 4.78 is 7.64. The zero-order chi connectivity index (χ0) is 14.7. The third-order valence-corrected chi connectivity index (χ3v) is 3.43. The van der Waals surface area contributed by atoms with Gasteiger partial charge in [-0.1, -0.05) is 0 Å². The Morgan fingerprint density at radius 1 is 1.40 bits per heavy atom. The number of anilines is 1. The molecule has 0 atom stereocenters. The van der Waals surface area contributed by atoms with Crippen LogP contribution in [0, 0.1) is 0 Å². The van der Waals surface area contributed by atoms with E-state index in [9.17, 15) is 4.79 Å². The van der Waals surface area contributed by atoms with Crippen LogP contribution in [0.3, 0.4) is 0 Å². The van der Waals surface area contributed by atoms with E-state index in [1.54, 1.807) is 42.3 Å². The van der Waals surface area contributed by atoms with Gasteiger partial charge in [0.15, 0.2) is 0 Å². The highest BCUT2D eigenvalue weighted by atomic mass is 79.9. The van der Waals surface area contributed by atoms with Gasteiger partial charge in [-0.25, -0.2) is 4.68 Å². The summed E-state index contributed by atoms with van der Waals surface area (Å²) in [7, 11) is 1.58. The first-order valence-corrected chi connectivity index (χ1v) is 7.00. The molecule has 5 nitrogen and oxygen atoms in total. The lowest BCUT2D eigenvalue weighted by molar-refractivity contribution is 0.102. The molecular weight excluding hydrogens is 322 g/mol. The van der Waals surface area contributed by atoms with Crippen LogP contribution < -0.4 is 10.1 Å². The van der Waals surface area contributed by atoms with Crippen LogP contribution in [0.25, 0.3) is 0 Å². The normalized spacial score (nSPS) is 10.7. The Hall–Kier alpha value is -1.82. The number of carbonyl (C=O) groups is 1. The number of amides is 1. The van der Waals surface area contributed by atoms with E-state index < -0.39 is 0 Å². The van der Waals surface area contributed by atoms with Crippen LogP contribution in [-0.2, 0) is 0 Å². The SMILES string of the molecule is COc1ccc(C(=O)Nc2ccnn2C(C)C)cc1Br. The van der Waals surface area contributed by atoms with E-state index in [0.29, 0.717) is 17.1 Å². The maximum absolute atomic E-state index is 12.2. The third-order valence-electron chi connectivity index (χ3n) is 2.82. The molecule has 0 bridgehead atoms. The first-order valence-electron chi connectivity index (χ1n) is 6.21. The molecule has 1 amide bonds. The molecule has 2 aromatic rings. The van der Waals surface area contributed by atoms with E-state index in [2.05, 4.69) is 26.3 Å². The third kappa shape index (κ3) is 3.01. The minimum absolute atomic E-state index is 0.183.